The van der Waals surface area contributed by atoms with Crippen LogP contribution in [0.1, 0.15) is 12.8 Å². The van der Waals surface area contributed by atoms with E-state index in [0.717, 1.165) is 3.79 Å². The summed E-state index contributed by atoms with van der Waals surface area (Å²) in [5.41, 5.74) is 0. The Bertz CT molecular complexity index is 497. The molecule has 2 rings (SSSR count). The summed E-state index contributed by atoms with van der Waals surface area (Å²) in [6.45, 7) is 1.09. The van der Waals surface area contributed by atoms with Crippen LogP contribution in [-0.2, 0) is 10.0 Å². The molecule has 0 atom stereocenters. The quantitative estimate of drug-likeness (QED) is 0.716. The summed E-state index contributed by atoms with van der Waals surface area (Å²) in [7, 11) is -3.40. The van der Waals surface area contributed by atoms with Gasteiger partial charge in [-0.2, -0.15) is 0 Å². The van der Waals surface area contributed by atoms with Crippen LogP contribution in [0.4, 0.5) is 0 Å². The Kier molecular flexibility index (Phi) is 4.65. The van der Waals surface area contributed by atoms with Gasteiger partial charge in [0.1, 0.15) is 4.90 Å². The van der Waals surface area contributed by atoms with Crippen molar-refractivity contribution in [2.75, 3.05) is 13.1 Å². The van der Waals surface area contributed by atoms with Gasteiger partial charge in [0, 0.05) is 19.1 Å². The summed E-state index contributed by atoms with van der Waals surface area (Å²) >= 11 is 7.87. The minimum absolute atomic E-state index is 0.292. The number of thiophene rings is 1. The van der Waals surface area contributed by atoms with E-state index in [4.69, 9.17) is 0 Å². The second-order valence-corrected chi connectivity index (χ2v) is 9.30. The molecule has 1 fully saturated rings. The van der Waals surface area contributed by atoms with Crippen LogP contribution in [0.25, 0.3) is 0 Å². The predicted molar refractivity (Wildman–Crippen MR) is 75.9 cm³/mol. The van der Waals surface area contributed by atoms with E-state index in [1.807, 2.05) is 0 Å². The van der Waals surface area contributed by atoms with E-state index in [9.17, 15) is 8.42 Å². The standard InChI is InChI=1S/C9H12Br2N2O2S2/c10-8-5-7(9(11)16-8)17(14,15)13-4-3-12-6-1-2-6/h5-6,12-13H,1-4H2. The van der Waals surface area contributed by atoms with Crippen LogP contribution in [0, 0.1) is 0 Å². The number of sulfonamides is 1. The Balaban J connectivity index is 1.90. The van der Waals surface area contributed by atoms with Crippen LogP contribution >= 0.6 is 43.2 Å². The van der Waals surface area contributed by atoms with Gasteiger partial charge in [-0.05, 0) is 50.8 Å². The first-order chi connectivity index (χ1) is 7.99. The summed E-state index contributed by atoms with van der Waals surface area (Å²) in [6.07, 6.45) is 2.41. The molecule has 4 nitrogen and oxygen atoms in total. The highest BCUT2D eigenvalue weighted by molar-refractivity contribution is 9.12. The van der Waals surface area contributed by atoms with Gasteiger partial charge >= 0.3 is 0 Å². The van der Waals surface area contributed by atoms with Crippen molar-refractivity contribution in [1.29, 1.82) is 0 Å². The smallest absolute Gasteiger partial charge is 0.242 e. The molecule has 1 aromatic heterocycles. The molecule has 0 bridgehead atoms. The van der Waals surface area contributed by atoms with Crippen LogP contribution in [0.3, 0.4) is 0 Å². The number of rotatable bonds is 6. The lowest BCUT2D eigenvalue weighted by atomic mass is 10.6. The predicted octanol–water partition coefficient (Wildman–Crippen LogP) is 2.30. The van der Waals surface area contributed by atoms with E-state index in [1.54, 1.807) is 6.07 Å². The Labute approximate surface area is 121 Å². The number of hydrogen-bond donors (Lipinski definition) is 2. The van der Waals surface area contributed by atoms with E-state index in [2.05, 4.69) is 41.9 Å². The highest BCUT2D eigenvalue weighted by atomic mass is 79.9. The Morgan fingerprint density at radius 1 is 1.35 bits per heavy atom. The van der Waals surface area contributed by atoms with Gasteiger partial charge in [-0.15, -0.1) is 11.3 Å². The molecule has 1 aliphatic rings. The minimum atomic E-state index is -3.40. The molecule has 1 saturated carbocycles. The first kappa shape index (κ1) is 14.0. The van der Waals surface area contributed by atoms with E-state index >= 15 is 0 Å². The Morgan fingerprint density at radius 2 is 2.06 bits per heavy atom. The highest BCUT2D eigenvalue weighted by Gasteiger charge is 2.22. The third-order valence-electron chi connectivity index (χ3n) is 2.34. The van der Waals surface area contributed by atoms with Gasteiger partial charge < -0.3 is 5.32 Å². The van der Waals surface area contributed by atoms with Gasteiger partial charge in [-0.3, -0.25) is 0 Å². The fourth-order valence-electron chi connectivity index (χ4n) is 1.34. The zero-order valence-corrected chi connectivity index (χ0v) is 13.7. The first-order valence-electron chi connectivity index (χ1n) is 5.17. The van der Waals surface area contributed by atoms with Crippen molar-refractivity contribution in [1.82, 2.24) is 10.0 Å². The molecule has 0 spiro atoms. The molecule has 0 saturated heterocycles. The summed E-state index contributed by atoms with van der Waals surface area (Å²) < 4.78 is 27.9. The van der Waals surface area contributed by atoms with Crippen molar-refractivity contribution in [3.63, 3.8) is 0 Å². The maximum Gasteiger partial charge on any atom is 0.242 e. The molecule has 0 aliphatic heterocycles. The van der Waals surface area contributed by atoms with Crippen molar-refractivity contribution < 1.29 is 8.42 Å². The maximum absolute atomic E-state index is 11.9. The van der Waals surface area contributed by atoms with Crippen molar-refractivity contribution >= 4 is 53.2 Å². The van der Waals surface area contributed by atoms with E-state index in [1.165, 1.54) is 24.2 Å². The molecule has 8 heteroatoms. The summed E-state index contributed by atoms with van der Waals surface area (Å²) in [5, 5.41) is 3.26. The van der Waals surface area contributed by atoms with Crippen LogP contribution in [-0.4, -0.2) is 27.5 Å². The Hall–Kier alpha value is 0.530. The highest BCUT2D eigenvalue weighted by Crippen LogP contribution is 2.34. The number of halogens is 2. The topological polar surface area (TPSA) is 58.2 Å². The molecule has 0 unspecified atom stereocenters. The van der Waals surface area contributed by atoms with E-state index < -0.39 is 10.0 Å². The fraction of sp³-hybridized carbons (Fsp3) is 0.556. The second-order valence-electron chi connectivity index (χ2n) is 3.81. The lowest BCUT2D eigenvalue weighted by Crippen LogP contribution is -2.32. The molecular formula is C9H12Br2N2O2S2. The SMILES string of the molecule is O=S(=O)(NCCNC1CC1)c1cc(Br)sc1Br. The normalized spacial score (nSPS) is 16.4. The third-order valence-corrected chi connectivity index (χ3v) is 6.56. The van der Waals surface area contributed by atoms with Gasteiger partial charge in [0.25, 0.3) is 0 Å². The number of hydrogen-bond acceptors (Lipinski definition) is 4. The summed E-state index contributed by atoms with van der Waals surface area (Å²) in [4.78, 5) is 0.292. The molecular weight excluding hydrogens is 392 g/mol. The molecule has 17 heavy (non-hydrogen) atoms. The average molecular weight is 404 g/mol. The van der Waals surface area contributed by atoms with Crippen LogP contribution < -0.4 is 10.0 Å². The fourth-order valence-corrected chi connectivity index (χ4v) is 6.18. The monoisotopic (exact) mass is 402 g/mol. The van der Waals surface area contributed by atoms with Gasteiger partial charge in [-0.1, -0.05) is 0 Å². The van der Waals surface area contributed by atoms with Crippen molar-refractivity contribution in [3.8, 4) is 0 Å². The molecule has 96 valence electrons. The lowest BCUT2D eigenvalue weighted by Gasteiger charge is -2.06. The molecule has 1 aromatic rings. The lowest BCUT2D eigenvalue weighted by molar-refractivity contribution is 0.575. The third kappa shape index (κ3) is 4.00. The largest absolute Gasteiger partial charge is 0.313 e. The van der Waals surface area contributed by atoms with E-state index in [0.29, 0.717) is 27.8 Å². The average Bonchev–Trinajstić information content (AvgIpc) is 2.99. The van der Waals surface area contributed by atoms with Crippen LogP contribution in [0.5, 0.6) is 0 Å². The van der Waals surface area contributed by atoms with Crippen molar-refractivity contribution in [3.05, 3.63) is 13.6 Å². The second kappa shape index (κ2) is 5.66. The van der Waals surface area contributed by atoms with Crippen molar-refractivity contribution in [2.45, 2.75) is 23.8 Å². The van der Waals surface area contributed by atoms with Crippen LogP contribution in [0.2, 0.25) is 0 Å². The molecule has 0 amide bonds. The van der Waals surface area contributed by atoms with Gasteiger partial charge in [-0.25, -0.2) is 13.1 Å². The van der Waals surface area contributed by atoms with Gasteiger partial charge in [0.05, 0.1) is 7.57 Å². The molecule has 0 aromatic carbocycles. The van der Waals surface area contributed by atoms with Crippen LogP contribution in [0.15, 0.2) is 18.5 Å². The summed E-state index contributed by atoms with van der Waals surface area (Å²) in [5.74, 6) is 0. The molecule has 1 heterocycles. The Morgan fingerprint density at radius 3 is 2.59 bits per heavy atom. The first-order valence-corrected chi connectivity index (χ1v) is 9.05. The summed E-state index contributed by atoms with van der Waals surface area (Å²) in [6, 6.07) is 2.20. The minimum Gasteiger partial charge on any atom is -0.313 e. The molecule has 2 N–H and O–H groups in total. The van der Waals surface area contributed by atoms with Crippen molar-refractivity contribution in [2.24, 2.45) is 0 Å². The molecule has 0 radical (unpaired) electrons. The van der Waals surface area contributed by atoms with Gasteiger partial charge in [0.15, 0.2) is 0 Å². The zero-order chi connectivity index (χ0) is 12.5. The van der Waals surface area contributed by atoms with E-state index in [-0.39, 0.29) is 0 Å². The maximum atomic E-state index is 11.9. The number of nitrogens with one attached hydrogen (secondary N) is 2. The van der Waals surface area contributed by atoms with Gasteiger partial charge in [0.2, 0.25) is 10.0 Å². The molecule has 1 aliphatic carbocycles. The zero-order valence-electron chi connectivity index (χ0n) is 8.87.